The van der Waals surface area contributed by atoms with Crippen molar-refractivity contribution >= 4 is 17.0 Å². The SMILES string of the molecule is C#Cc1cccc2nc(CCNC(=O)O)n(C3CC3)c(=O)c12. The summed E-state index contributed by atoms with van der Waals surface area (Å²) in [4.78, 5) is 27.9. The third-order valence-electron chi connectivity index (χ3n) is 3.70. The monoisotopic (exact) mass is 297 g/mol. The summed E-state index contributed by atoms with van der Waals surface area (Å²) in [5.74, 6) is 3.13. The van der Waals surface area contributed by atoms with Gasteiger partial charge in [-0.2, -0.15) is 0 Å². The number of terminal acetylenes is 1. The van der Waals surface area contributed by atoms with Crippen molar-refractivity contribution in [2.75, 3.05) is 6.54 Å². The van der Waals surface area contributed by atoms with Crippen molar-refractivity contribution in [3.8, 4) is 12.3 Å². The van der Waals surface area contributed by atoms with Crippen LogP contribution < -0.4 is 10.9 Å². The van der Waals surface area contributed by atoms with Gasteiger partial charge in [0.15, 0.2) is 0 Å². The summed E-state index contributed by atoms with van der Waals surface area (Å²) in [6.07, 6.45) is 6.63. The number of carbonyl (C=O) groups is 1. The maximum atomic E-state index is 12.8. The molecule has 0 aliphatic heterocycles. The van der Waals surface area contributed by atoms with Crippen LogP contribution in [0.2, 0.25) is 0 Å². The molecule has 0 atom stereocenters. The van der Waals surface area contributed by atoms with Crippen LogP contribution in [0.5, 0.6) is 0 Å². The minimum Gasteiger partial charge on any atom is -0.465 e. The summed E-state index contributed by atoms with van der Waals surface area (Å²) >= 11 is 0. The molecule has 0 spiro atoms. The first-order valence-electron chi connectivity index (χ1n) is 7.09. The maximum absolute atomic E-state index is 12.8. The van der Waals surface area contributed by atoms with Gasteiger partial charge in [-0.05, 0) is 25.0 Å². The molecule has 0 unspecified atom stereocenters. The molecular formula is C16H15N3O3. The van der Waals surface area contributed by atoms with Crippen molar-refractivity contribution in [1.29, 1.82) is 0 Å². The van der Waals surface area contributed by atoms with E-state index in [0.29, 0.717) is 28.7 Å². The standard InChI is InChI=1S/C16H15N3O3/c1-2-10-4-3-5-12-14(10)15(20)19(11-6-7-11)13(18-12)8-9-17-16(21)22/h1,3-5,11,17H,6-9H2,(H,21,22). The van der Waals surface area contributed by atoms with E-state index in [1.165, 1.54) is 0 Å². The van der Waals surface area contributed by atoms with E-state index in [1.54, 1.807) is 22.8 Å². The number of carboxylic acid groups (broad SMARTS) is 1. The van der Waals surface area contributed by atoms with Crippen LogP contribution in [-0.4, -0.2) is 27.3 Å². The van der Waals surface area contributed by atoms with E-state index >= 15 is 0 Å². The Morgan fingerprint density at radius 3 is 2.91 bits per heavy atom. The highest BCUT2D eigenvalue weighted by Gasteiger charge is 2.28. The Hall–Kier alpha value is -2.81. The lowest BCUT2D eigenvalue weighted by Gasteiger charge is -2.13. The molecule has 0 radical (unpaired) electrons. The number of benzene rings is 1. The summed E-state index contributed by atoms with van der Waals surface area (Å²) in [6.45, 7) is 0.217. The third-order valence-corrected chi connectivity index (χ3v) is 3.70. The smallest absolute Gasteiger partial charge is 0.404 e. The van der Waals surface area contributed by atoms with Crippen LogP contribution in [0.1, 0.15) is 30.3 Å². The zero-order valence-electron chi connectivity index (χ0n) is 11.9. The van der Waals surface area contributed by atoms with Gasteiger partial charge in [0, 0.05) is 24.6 Å². The van der Waals surface area contributed by atoms with Crippen molar-refractivity contribution in [2.24, 2.45) is 0 Å². The minimum atomic E-state index is -1.09. The second-order valence-corrected chi connectivity index (χ2v) is 5.26. The van der Waals surface area contributed by atoms with E-state index in [0.717, 1.165) is 12.8 Å². The molecule has 1 aromatic heterocycles. The molecule has 1 aliphatic carbocycles. The Bertz CT molecular complexity index is 844. The van der Waals surface area contributed by atoms with Gasteiger partial charge in [0.25, 0.3) is 5.56 Å². The van der Waals surface area contributed by atoms with Gasteiger partial charge in [0.05, 0.1) is 10.9 Å². The molecule has 6 heteroatoms. The van der Waals surface area contributed by atoms with E-state index in [2.05, 4.69) is 16.2 Å². The first kappa shape index (κ1) is 14.1. The van der Waals surface area contributed by atoms with Crippen LogP contribution in [0.25, 0.3) is 10.9 Å². The summed E-state index contributed by atoms with van der Waals surface area (Å²) in [7, 11) is 0. The van der Waals surface area contributed by atoms with Crippen molar-refractivity contribution in [1.82, 2.24) is 14.9 Å². The Labute approximate surface area is 126 Å². The van der Waals surface area contributed by atoms with Crippen LogP contribution >= 0.6 is 0 Å². The van der Waals surface area contributed by atoms with Crippen molar-refractivity contribution in [3.05, 3.63) is 39.9 Å². The highest BCUT2D eigenvalue weighted by atomic mass is 16.4. The predicted octanol–water partition coefficient (Wildman–Crippen LogP) is 1.52. The van der Waals surface area contributed by atoms with Crippen LogP contribution in [0.15, 0.2) is 23.0 Å². The molecule has 1 aliphatic rings. The van der Waals surface area contributed by atoms with Crippen molar-refractivity contribution in [3.63, 3.8) is 0 Å². The number of hydrogen-bond donors (Lipinski definition) is 2. The lowest BCUT2D eigenvalue weighted by molar-refractivity contribution is 0.194. The minimum absolute atomic E-state index is 0.133. The first-order chi connectivity index (χ1) is 10.6. The molecule has 2 N–H and O–H groups in total. The summed E-state index contributed by atoms with van der Waals surface area (Å²) < 4.78 is 1.67. The normalized spacial score (nSPS) is 13.8. The quantitative estimate of drug-likeness (QED) is 0.838. The topological polar surface area (TPSA) is 84.2 Å². The molecule has 1 aromatic carbocycles. The lowest BCUT2D eigenvalue weighted by atomic mass is 10.1. The van der Waals surface area contributed by atoms with Crippen molar-refractivity contribution in [2.45, 2.75) is 25.3 Å². The van der Waals surface area contributed by atoms with E-state index in [1.807, 2.05) is 0 Å². The van der Waals surface area contributed by atoms with Gasteiger partial charge in [-0.25, -0.2) is 9.78 Å². The number of nitrogens with zero attached hydrogens (tertiary/aromatic N) is 2. The molecule has 1 fully saturated rings. The molecule has 6 nitrogen and oxygen atoms in total. The summed E-state index contributed by atoms with van der Waals surface area (Å²) in [6, 6.07) is 5.40. The number of hydrogen-bond acceptors (Lipinski definition) is 3. The number of rotatable bonds is 4. The maximum Gasteiger partial charge on any atom is 0.404 e. The molecule has 0 saturated heterocycles. The van der Waals surface area contributed by atoms with Gasteiger partial charge in [-0.3, -0.25) is 9.36 Å². The number of nitrogens with one attached hydrogen (secondary N) is 1. The van der Waals surface area contributed by atoms with Crippen LogP contribution in [0.3, 0.4) is 0 Å². The fourth-order valence-electron chi connectivity index (χ4n) is 2.58. The molecule has 2 aromatic rings. The van der Waals surface area contributed by atoms with Gasteiger partial charge in [0.1, 0.15) is 5.82 Å². The summed E-state index contributed by atoms with van der Waals surface area (Å²) in [5, 5.41) is 11.4. The van der Waals surface area contributed by atoms with E-state index in [-0.39, 0.29) is 18.1 Å². The highest BCUT2D eigenvalue weighted by Crippen LogP contribution is 2.34. The molecule has 1 heterocycles. The number of fused-ring (bicyclic) bond motifs is 1. The predicted molar refractivity (Wildman–Crippen MR) is 81.9 cm³/mol. The summed E-state index contributed by atoms with van der Waals surface area (Å²) in [5.41, 5.74) is 0.966. The molecule has 1 saturated carbocycles. The van der Waals surface area contributed by atoms with E-state index in [4.69, 9.17) is 11.5 Å². The molecule has 3 rings (SSSR count). The van der Waals surface area contributed by atoms with E-state index in [9.17, 15) is 9.59 Å². The second kappa shape index (κ2) is 5.53. The second-order valence-electron chi connectivity index (χ2n) is 5.26. The van der Waals surface area contributed by atoms with E-state index < -0.39 is 6.09 Å². The largest absolute Gasteiger partial charge is 0.465 e. The number of amides is 1. The third kappa shape index (κ3) is 2.53. The lowest BCUT2D eigenvalue weighted by Crippen LogP contribution is -2.29. The average Bonchev–Trinajstić information content (AvgIpc) is 3.30. The van der Waals surface area contributed by atoms with Gasteiger partial charge in [0.2, 0.25) is 0 Å². The zero-order valence-corrected chi connectivity index (χ0v) is 11.9. The Morgan fingerprint density at radius 1 is 1.50 bits per heavy atom. The molecule has 112 valence electrons. The molecule has 22 heavy (non-hydrogen) atoms. The van der Waals surface area contributed by atoms with Crippen LogP contribution in [-0.2, 0) is 6.42 Å². The first-order valence-corrected chi connectivity index (χ1v) is 7.09. The fourth-order valence-corrected chi connectivity index (χ4v) is 2.58. The van der Waals surface area contributed by atoms with Gasteiger partial charge in [-0.1, -0.05) is 12.0 Å². The highest BCUT2D eigenvalue weighted by molar-refractivity contribution is 5.84. The number of aromatic nitrogens is 2. The van der Waals surface area contributed by atoms with Crippen molar-refractivity contribution < 1.29 is 9.90 Å². The molecule has 1 amide bonds. The Balaban J connectivity index is 2.12. The zero-order chi connectivity index (χ0) is 15.7. The fraction of sp³-hybridized carbons (Fsp3) is 0.312. The van der Waals surface area contributed by atoms with Crippen LogP contribution in [0, 0.1) is 12.3 Å². The van der Waals surface area contributed by atoms with Crippen LogP contribution in [0.4, 0.5) is 4.79 Å². The Morgan fingerprint density at radius 2 is 2.27 bits per heavy atom. The molecule has 0 bridgehead atoms. The Kier molecular flexibility index (Phi) is 3.55. The van der Waals surface area contributed by atoms with Gasteiger partial charge >= 0.3 is 6.09 Å². The van der Waals surface area contributed by atoms with Gasteiger partial charge in [-0.15, -0.1) is 6.42 Å². The average molecular weight is 297 g/mol. The molecular weight excluding hydrogens is 282 g/mol. The van der Waals surface area contributed by atoms with Gasteiger partial charge < -0.3 is 10.4 Å².